The highest BCUT2D eigenvalue weighted by atomic mass is 16.5. The molecular weight excluding hydrogens is 262 g/mol. The highest BCUT2D eigenvalue weighted by Gasteiger charge is 2.51. The summed E-state index contributed by atoms with van der Waals surface area (Å²) in [7, 11) is 6.97. The molecule has 4 heterocycles. The van der Waals surface area contributed by atoms with Crippen molar-refractivity contribution in [1.82, 2.24) is 14.7 Å². The lowest BCUT2D eigenvalue weighted by Gasteiger charge is -2.59. The summed E-state index contributed by atoms with van der Waals surface area (Å²) < 4.78 is 5.56. The lowest BCUT2D eigenvalue weighted by molar-refractivity contribution is -0.161. The van der Waals surface area contributed by atoms with Gasteiger partial charge in [0, 0.05) is 30.6 Å². The van der Waals surface area contributed by atoms with Crippen molar-refractivity contribution in [3.05, 3.63) is 0 Å². The Morgan fingerprint density at radius 1 is 0.810 bits per heavy atom. The molecule has 0 aromatic rings. The number of hydrogen-bond acceptors (Lipinski definition) is 4. The van der Waals surface area contributed by atoms with Gasteiger partial charge in [0.05, 0.1) is 13.2 Å². The van der Waals surface area contributed by atoms with E-state index in [-0.39, 0.29) is 0 Å². The van der Waals surface area contributed by atoms with Gasteiger partial charge in [0.2, 0.25) is 0 Å². The summed E-state index contributed by atoms with van der Waals surface area (Å²) in [4.78, 5) is 7.80. The monoisotopic (exact) mass is 293 g/mol. The van der Waals surface area contributed by atoms with Gasteiger partial charge >= 0.3 is 0 Å². The molecule has 0 aromatic carbocycles. The summed E-state index contributed by atoms with van der Waals surface area (Å²) in [5, 5.41) is 0. The summed E-state index contributed by atoms with van der Waals surface area (Å²) in [6.45, 7) is 7.21. The molecule has 0 aromatic heterocycles. The van der Waals surface area contributed by atoms with E-state index in [0.717, 1.165) is 25.3 Å². The Morgan fingerprint density at radius 2 is 1.33 bits per heavy atom. The van der Waals surface area contributed by atoms with Gasteiger partial charge in [-0.15, -0.1) is 0 Å². The molecule has 2 unspecified atom stereocenters. The molecule has 0 radical (unpaired) electrons. The van der Waals surface area contributed by atoms with Crippen LogP contribution in [0.4, 0.5) is 0 Å². The van der Waals surface area contributed by atoms with Crippen LogP contribution in [-0.2, 0) is 4.74 Å². The van der Waals surface area contributed by atoms with Crippen LogP contribution in [0.5, 0.6) is 0 Å². The third-order valence-electron chi connectivity index (χ3n) is 6.88. The van der Waals surface area contributed by atoms with E-state index in [9.17, 15) is 0 Å². The third-order valence-corrected chi connectivity index (χ3v) is 6.88. The molecule has 21 heavy (non-hydrogen) atoms. The molecule has 0 bridgehead atoms. The molecule has 4 fully saturated rings. The first-order valence-corrected chi connectivity index (χ1v) is 8.68. The third kappa shape index (κ3) is 2.35. The summed E-state index contributed by atoms with van der Waals surface area (Å²) in [5.41, 5.74) is 1.16. The van der Waals surface area contributed by atoms with E-state index in [1.165, 1.54) is 51.9 Å². The maximum absolute atomic E-state index is 5.56. The molecule has 0 saturated carbocycles. The lowest BCUT2D eigenvalue weighted by atomic mass is 9.65. The van der Waals surface area contributed by atoms with Crippen molar-refractivity contribution in [3.8, 4) is 0 Å². The van der Waals surface area contributed by atoms with Crippen LogP contribution in [0.3, 0.4) is 0 Å². The molecule has 120 valence electrons. The van der Waals surface area contributed by atoms with Gasteiger partial charge in [-0.1, -0.05) is 0 Å². The average Bonchev–Trinajstić information content (AvgIpc) is 2.39. The first-order valence-electron chi connectivity index (χ1n) is 8.68. The number of rotatable bonds is 1. The Labute approximate surface area is 129 Å². The summed E-state index contributed by atoms with van der Waals surface area (Å²) in [6.07, 6.45) is 5.49. The van der Waals surface area contributed by atoms with Gasteiger partial charge in [0.25, 0.3) is 0 Å². The minimum Gasteiger partial charge on any atom is -0.380 e. The molecule has 2 atom stereocenters. The standard InChI is InChI=1S/C17H31N3O/c1-18-10-16(11-18)4-6-19(2)14(8-16)15-9-17(12-21-13-17)5-7-20(15)3/h14-15H,4-13H2,1-3H3. The fourth-order valence-electron chi connectivity index (χ4n) is 5.46. The normalized spacial score (nSPS) is 40.1. The van der Waals surface area contributed by atoms with E-state index in [4.69, 9.17) is 4.74 Å². The van der Waals surface area contributed by atoms with Crippen molar-refractivity contribution in [3.63, 3.8) is 0 Å². The van der Waals surface area contributed by atoms with Crippen LogP contribution in [0.1, 0.15) is 25.7 Å². The molecule has 0 N–H and O–H groups in total. The van der Waals surface area contributed by atoms with Crippen LogP contribution in [0.25, 0.3) is 0 Å². The molecule has 4 aliphatic rings. The van der Waals surface area contributed by atoms with Gasteiger partial charge in [0.15, 0.2) is 0 Å². The first kappa shape index (κ1) is 14.4. The van der Waals surface area contributed by atoms with Crippen molar-refractivity contribution in [2.24, 2.45) is 10.8 Å². The quantitative estimate of drug-likeness (QED) is 0.721. The SMILES string of the molecule is CN1CC2(CCN(C)C(C3CC4(CCN3C)COC4)C2)C1. The molecule has 4 saturated heterocycles. The van der Waals surface area contributed by atoms with Gasteiger partial charge in [-0.3, -0.25) is 0 Å². The van der Waals surface area contributed by atoms with Gasteiger partial charge in [0.1, 0.15) is 0 Å². The number of likely N-dealkylation sites (tertiary alicyclic amines) is 3. The highest BCUT2D eigenvalue weighted by molar-refractivity contribution is 5.06. The Kier molecular flexibility index (Phi) is 3.38. The van der Waals surface area contributed by atoms with Crippen molar-refractivity contribution in [2.45, 2.75) is 37.8 Å². The van der Waals surface area contributed by atoms with Gasteiger partial charge in [-0.05, 0) is 65.3 Å². The van der Waals surface area contributed by atoms with Gasteiger partial charge < -0.3 is 19.4 Å². The average molecular weight is 293 g/mol. The van der Waals surface area contributed by atoms with E-state index in [0.29, 0.717) is 10.8 Å². The van der Waals surface area contributed by atoms with Crippen LogP contribution in [-0.4, -0.2) is 87.3 Å². The zero-order valence-electron chi connectivity index (χ0n) is 14.0. The number of nitrogens with zero attached hydrogens (tertiary/aromatic N) is 3. The van der Waals surface area contributed by atoms with E-state index in [2.05, 4.69) is 35.8 Å². The minimum atomic E-state index is 0.527. The Bertz CT molecular complexity index is 403. The van der Waals surface area contributed by atoms with Crippen LogP contribution in [0.15, 0.2) is 0 Å². The minimum absolute atomic E-state index is 0.527. The number of piperidine rings is 2. The molecule has 4 rings (SSSR count). The number of hydrogen-bond donors (Lipinski definition) is 0. The van der Waals surface area contributed by atoms with Crippen LogP contribution in [0.2, 0.25) is 0 Å². The molecule has 0 amide bonds. The van der Waals surface area contributed by atoms with Crippen molar-refractivity contribution < 1.29 is 4.74 Å². The lowest BCUT2D eigenvalue weighted by Crippen LogP contribution is -2.66. The molecule has 4 heteroatoms. The Hall–Kier alpha value is -0.160. The topological polar surface area (TPSA) is 19.0 Å². The Morgan fingerprint density at radius 3 is 1.81 bits per heavy atom. The van der Waals surface area contributed by atoms with E-state index in [1.807, 2.05) is 0 Å². The summed E-state index contributed by atoms with van der Waals surface area (Å²) in [6, 6.07) is 1.48. The maximum atomic E-state index is 5.56. The smallest absolute Gasteiger partial charge is 0.0545 e. The summed E-state index contributed by atoms with van der Waals surface area (Å²) in [5.74, 6) is 0. The zero-order valence-corrected chi connectivity index (χ0v) is 14.0. The van der Waals surface area contributed by atoms with Crippen molar-refractivity contribution in [1.29, 1.82) is 0 Å². The highest BCUT2D eigenvalue weighted by Crippen LogP contribution is 2.47. The summed E-state index contributed by atoms with van der Waals surface area (Å²) >= 11 is 0. The van der Waals surface area contributed by atoms with Crippen LogP contribution >= 0.6 is 0 Å². The zero-order chi connectivity index (χ0) is 14.7. The first-order chi connectivity index (χ1) is 10.0. The van der Waals surface area contributed by atoms with Crippen LogP contribution < -0.4 is 0 Å². The maximum Gasteiger partial charge on any atom is 0.0545 e. The number of ether oxygens (including phenoxy) is 1. The van der Waals surface area contributed by atoms with E-state index in [1.54, 1.807) is 0 Å². The fraction of sp³-hybridized carbons (Fsp3) is 1.00. The molecule has 4 nitrogen and oxygen atoms in total. The predicted molar refractivity (Wildman–Crippen MR) is 84.5 cm³/mol. The number of likely N-dealkylation sites (N-methyl/N-ethyl adjacent to an activating group) is 2. The van der Waals surface area contributed by atoms with E-state index < -0.39 is 0 Å². The van der Waals surface area contributed by atoms with Crippen molar-refractivity contribution in [2.75, 3.05) is 60.5 Å². The van der Waals surface area contributed by atoms with Crippen LogP contribution in [0, 0.1) is 10.8 Å². The Balaban J connectivity index is 1.49. The van der Waals surface area contributed by atoms with Crippen molar-refractivity contribution >= 4 is 0 Å². The second-order valence-electron chi connectivity index (χ2n) is 8.67. The second-order valence-corrected chi connectivity index (χ2v) is 8.67. The fourth-order valence-corrected chi connectivity index (χ4v) is 5.46. The molecule has 0 aliphatic carbocycles. The van der Waals surface area contributed by atoms with E-state index >= 15 is 0 Å². The van der Waals surface area contributed by atoms with Gasteiger partial charge in [-0.2, -0.15) is 0 Å². The van der Waals surface area contributed by atoms with Gasteiger partial charge in [-0.25, -0.2) is 0 Å². The largest absolute Gasteiger partial charge is 0.380 e. The molecule has 4 aliphatic heterocycles. The molecular formula is C17H31N3O. The second kappa shape index (κ2) is 4.92. The molecule has 2 spiro atoms. The predicted octanol–water partition coefficient (Wildman–Crippen LogP) is 1.12.